The first-order valence-corrected chi connectivity index (χ1v) is 18.4. The molecule has 4 N–H and O–H groups in total. The van der Waals surface area contributed by atoms with Crippen molar-refractivity contribution in [1.82, 2.24) is 9.44 Å². The fourth-order valence-corrected chi connectivity index (χ4v) is 7.38. The molecule has 4 amide bonds. The molecule has 0 aliphatic carbocycles. The molecular weight excluding hydrogens is 693 g/mol. The SMILES string of the molecule is COc1cc(S(=O)(=O)NC(=O)Nc2ccc(Cc3ccc(NC(=O)NS(=O)(=O)c4cc(OC)c5ccccc5c4)cc3)cc2)cc2ccccc12. The van der Waals surface area contributed by atoms with Gasteiger partial charge < -0.3 is 20.1 Å². The maximum atomic E-state index is 13.0. The van der Waals surface area contributed by atoms with Crippen LogP contribution in [0.1, 0.15) is 11.1 Å². The molecule has 51 heavy (non-hydrogen) atoms. The van der Waals surface area contributed by atoms with Gasteiger partial charge in [0, 0.05) is 34.3 Å². The number of anilines is 2. The second-order valence-corrected chi connectivity index (χ2v) is 14.7. The molecule has 0 bridgehead atoms. The number of ether oxygens (including phenoxy) is 2. The van der Waals surface area contributed by atoms with E-state index >= 15 is 0 Å². The number of hydrogen-bond acceptors (Lipinski definition) is 8. The van der Waals surface area contributed by atoms with Crippen molar-refractivity contribution < 1.29 is 35.9 Å². The summed E-state index contributed by atoms with van der Waals surface area (Å²) < 4.78 is 66.7. The van der Waals surface area contributed by atoms with Crippen LogP contribution < -0.4 is 29.6 Å². The predicted octanol–water partition coefficient (Wildman–Crippen LogP) is 6.62. The van der Waals surface area contributed by atoms with Crippen molar-refractivity contribution in [1.29, 1.82) is 0 Å². The van der Waals surface area contributed by atoms with Gasteiger partial charge in [0.25, 0.3) is 20.0 Å². The summed E-state index contributed by atoms with van der Waals surface area (Å²) in [5, 5.41) is 7.85. The topological polar surface area (TPSA) is 169 Å². The highest BCUT2D eigenvalue weighted by atomic mass is 32.2. The maximum absolute atomic E-state index is 13.0. The number of rotatable bonds is 10. The molecule has 0 saturated carbocycles. The lowest BCUT2D eigenvalue weighted by Crippen LogP contribution is -2.34. The van der Waals surface area contributed by atoms with E-state index in [2.05, 4.69) is 10.6 Å². The van der Waals surface area contributed by atoms with E-state index in [0.717, 1.165) is 21.9 Å². The first-order valence-electron chi connectivity index (χ1n) is 15.4. The summed E-state index contributed by atoms with van der Waals surface area (Å²) in [4.78, 5) is 25.0. The van der Waals surface area contributed by atoms with E-state index in [1.165, 1.54) is 38.5 Å². The zero-order valence-corrected chi connectivity index (χ0v) is 29.0. The minimum Gasteiger partial charge on any atom is -0.496 e. The highest BCUT2D eigenvalue weighted by Gasteiger charge is 2.22. The minimum atomic E-state index is -4.20. The number of hydrogen-bond donors (Lipinski definition) is 4. The Hall–Kier alpha value is -6.12. The van der Waals surface area contributed by atoms with Crippen molar-refractivity contribution in [2.24, 2.45) is 0 Å². The quantitative estimate of drug-likeness (QED) is 0.122. The summed E-state index contributed by atoms with van der Waals surface area (Å²) >= 11 is 0. The summed E-state index contributed by atoms with van der Waals surface area (Å²) in [6, 6.07) is 31.8. The number of benzene rings is 6. The first kappa shape index (κ1) is 34.7. The van der Waals surface area contributed by atoms with Crippen LogP contribution in [0.25, 0.3) is 21.5 Å². The third-order valence-corrected chi connectivity index (χ3v) is 10.6. The Morgan fingerprint density at radius 2 is 0.902 bits per heavy atom. The molecule has 0 spiro atoms. The standard InChI is InChI=1S/C37H32N4O8S2/c1-48-34-22-30(20-26-7-3-5-9-32(26)34)50(44,45)40-36(42)38-28-15-11-24(12-16-28)19-25-13-17-29(18-14-25)39-37(43)41-51(46,47)31-21-27-8-4-6-10-33(27)35(23-31)49-2/h3-18,20-23H,19H2,1-2H3,(H2,38,40,42)(H2,39,41,43). The Labute approximate surface area is 294 Å². The third kappa shape index (κ3) is 8.03. The van der Waals surface area contributed by atoms with Crippen LogP contribution in [-0.4, -0.2) is 43.1 Å². The fraction of sp³-hybridized carbons (Fsp3) is 0.0811. The number of amides is 4. The van der Waals surface area contributed by atoms with Gasteiger partial charge in [0.05, 0.1) is 24.0 Å². The molecule has 0 heterocycles. The number of methoxy groups -OCH3 is 2. The maximum Gasteiger partial charge on any atom is 0.333 e. The molecule has 260 valence electrons. The molecule has 0 atom stereocenters. The lowest BCUT2D eigenvalue weighted by molar-refractivity contribution is 0.255. The molecule has 0 saturated heterocycles. The molecule has 6 aromatic carbocycles. The number of fused-ring (bicyclic) bond motifs is 2. The first-order chi connectivity index (χ1) is 24.4. The van der Waals surface area contributed by atoms with E-state index in [0.29, 0.717) is 40.1 Å². The normalized spacial score (nSPS) is 11.5. The Morgan fingerprint density at radius 1 is 0.529 bits per heavy atom. The number of sulfonamides is 2. The Balaban J connectivity index is 1.03. The summed E-state index contributed by atoms with van der Waals surface area (Å²) in [7, 11) is -5.52. The van der Waals surface area contributed by atoms with Crippen LogP contribution in [0.4, 0.5) is 21.0 Å². The van der Waals surface area contributed by atoms with E-state index in [1.807, 2.05) is 33.7 Å². The number of carbonyl (C=O) groups is 2. The number of urea groups is 2. The van der Waals surface area contributed by atoms with Crippen LogP contribution in [0.3, 0.4) is 0 Å². The van der Waals surface area contributed by atoms with Crippen molar-refractivity contribution in [3.8, 4) is 11.5 Å². The molecule has 6 aromatic rings. The van der Waals surface area contributed by atoms with Crippen molar-refractivity contribution in [3.05, 3.63) is 132 Å². The van der Waals surface area contributed by atoms with Crippen molar-refractivity contribution >= 4 is 65.0 Å². The average Bonchev–Trinajstić information content (AvgIpc) is 3.11. The molecule has 0 aromatic heterocycles. The number of carbonyl (C=O) groups excluding carboxylic acids is 2. The van der Waals surface area contributed by atoms with Gasteiger partial charge in [-0.15, -0.1) is 0 Å². The molecular formula is C37H32N4O8S2. The van der Waals surface area contributed by atoms with Crippen LogP contribution in [-0.2, 0) is 26.5 Å². The molecule has 0 radical (unpaired) electrons. The molecule has 0 aliphatic heterocycles. The van der Waals surface area contributed by atoms with Crippen LogP contribution in [0.15, 0.2) is 131 Å². The monoisotopic (exact) mass is 724 g/mol. The van der Waals surface area contributed by atoms with Gasteiger partial charge in [-0.25, -0.2) is 35.9 Å². The zero-order valence-electron chi connectivity index (χ0n) is 27.3. The molecule has 14 heteroatoms. The second-order valence-electron chi connectivity index (χ2n) is 11.4. The fourth-order valence-electron chi connectivity index (χ4n) is 5.47. The lowest BCUT2D eigenvalue weighted by Gasteiger charge is -2.12. The van der Waals surface area contributed by atoms with Gasteiger partial charge in [-0.3, -0.25) is 0 Å². The van der Waals surface area contributed by atoms with Gasteiger partial charge in [0.1, 0.15) is 11.5 Å². The predicted molar refractivity (Wildman–Crippen MR) is 195 cm³/mol. The average molecular weight is 725 g/mol. The Morgan fingerprint density at radius 3 is 1.27 bits per heavy atom. The molecule has 0 unspecified atom stereocenters. The number of nitrogens with one attached hydrogen (secondary N) is 4. The summed E-state index contributed by atoms with van der Waals surface area (Å²) in [5.41, 5.74) is 2.55. The van der Waals surface area contributed by atoms with Crippen LogP contribution in [0.5, 0.6) is 11.5 Å². The summed E-state index contributed by atoms with van der Waals surface area (Å²) in [6.45, 7) is 0. The van der Waals surface area contributed by atoms with Crippen molar-refractivity contribution in [2.45, 2.75) is 16.2 Å². The van der Waals surface area contributed by atoms with Gasteiger partial charge in [0.15, 0.2) is 0 Å². The summed E-state index contributed by atoms with van der Waals surface area (Å²) in [5.74, 6) is 0.733. The largest absolute Gasteiger partial charge is 0.496 e. The van der Waals surface area contributed by atoms with Crippen LogP contribution in [0.2, 0.25) is 0 Å². The zero-order chi connectivity index (χ0) is 36.2. The van der Waals surface area contributed by atoms with E-state index in [9.17, 15) is 26.4 Å². The van der Waals surface area contributed by atoms with Gasteiger partial charge in [-0.1, -0.05) is 72.8 Å². The highest BCUT2D eigenvalue weighted by Crippen LogP contribution is 2.30. The van der Waals surface area contributed by atoms with E-state index in [1.54, 1.807) is 72.8 Å². The van der Waals surface area contributed by atoms with Crippen LogP contribution >= 0.6 is 0 Å². The van der Waals surface area contributed by atoms with Crippen molar-refractivity contribution in [3.63, 3.8) is 0 Å². The van der Waals surface area contributed by atoms with E-state index in [4.69, 9.17) is 9.47 Å². The molecule has 0 aliphatic rings. The second kappa shape index (κ2) is 14.4. The van der Waals surface area contributed by atoms with Crippen molar-refractivity contribution in [2.75, 3.05) is 24.9 Å². The summed E-state index contributed by atoms with van der Waals surface area (Å²) in [6.07, 6.45) is 0.509. The van der Waals surface area contributed by atoms with Gasteiger partial charge >= 0.3 is 12.1 Å². The molecule has 0 fully saturated rings. The Kier molecular flexibility index (Phi) is 9.80. The van der Waals surface area contributed by atoms with Crippen LogP contribution in [0, 0.1) is 0 Å². The van der Waals surface area contributed by atoms with E-state index < -0.39 is 32.1 Å². The molecule has 12 nitrogen and oxygen atoms in total. The minimum absolute atomic E-state index is 0.113. The van der Waals surface area contributed by atoms with Gasteiger partial charge in [0.2, 0.25) is 0 Å². The van der Waals surface area contributed by atoms with Gasteiger partial charge in [-0.2, -0.15) is 0 Å². The lowest BCUT2D eigenvalue weighted by atomic mass is 10.0. The third-order valence-electron chi connectivity index (χ3n) is 7.94. The Bertz CT molecular complexity index is 2310. The van der Waals surface area contributed by atoms with E-state index in [-0.39, 0.29) is 9.79 Å². The smallest absolute Gasteiger partial charge is 0.333 e. The van der Waals surface area contributed by atoms with Gasteiger partial charge in [-0.05, 0) is 64.7 Å². The highest BCUT2D eigenvalue weighted by molar-refractivity contribution is 7.90. The molecule has 6 rings (SSSR count).